The molecule has 0 spiro atoms. The molecule has 10 rings (SSSR count). The van der Waals surface area contributed by atoms with Crippen molar-refractivity contribution in [1.29, 1.82) is 0 Å². The summed E-state index contributed by atoms with van der Waals surface area (Å²) < 4.78 is 13.0. The molecule has 0 aliphatic heterocycles. The zero-order valence-electron chi connectivity index (χ0n) is 26.5. The topological polar surface area (TPSA) is 29.5 Å². The van der Waals surface area contributed by atoms with Crippen molar-refractivity contribution >= 4 is 71.7 Å². The lowest BCUT2D eigenvalue weighted by molar-refractivity contribution is 0.669. The molecule has 0 saturated heterocycles. The smallest absolute Gasteiger partial charge is 0.138 e. The fourth-order valence-electron chi connectivity index (χ4n) is 7.41. The maximum absolute atomic E-state index is 6.52. The van der Waals surface area contributed by atoms with Gasteiger partial charge in [0.1, 0.15) is 22.3 Å². The van der Waals surface area contributed by atoms with E-state index in [1.54, 1.807) is 0 Å². The quantitative estimate of drug-likeness (QED) is 0.190. The third-order valence-corrected chi connectivity index (χ3v) is 9.65. The van der Waals surface area contributed by atoms with Crippen LogP contribution in [0, 0.1) is 0 Å². The van der Waals surface area contributed by atoms with E-state index in [1.807, 2.05) is 24.3 Å². The molecular formula is C46H29NO2. The number of nitrogens with zero attached hydrogens (tertiary/aromatic N) is 1. The van der Waals surface area contributed by atoms with Crippen molar-refractivity contribution in [3.8, 4) is 22.3 Å². The van der Waals surface area contributed by atoms with Crippen molar-refractivity contribution in [3.05, 3.63) is 176 Å². The SMILES string of the molecule is c1ccc(-c2ccccc2-c2ccc(N(c3ccc4c(c3)oc3ccccc34)c3c4ccccc4cc4oc5ccccc5c34)cc2)cc1. The first-order valence-corrected chi connectivity index (χ1v) is 16.6. The first kappa shape index (κ1) is 27.5. The Morgan fingerprint density at radius 2 is 0.898 bits per heavy atom. The molecular weight excluding hydrogens is 599 g/mol. The Kier molecular flexibility index (Phi) is 6.18. The van der Waals surface area contributed by atoms with E-state index in [2.05, 4.69) is 157 Å². The third-order valence-electron chi connectivity index (χ3n) is 9.65. The lowest BCUT2D eigenvalue weighted by Gasteiger charge is -2.28. The zero-order valence-corrected chi connectivity index (χ0v) is 26.5. The molecule has 0 amide bonds. The first-order chi connectivity index (χ1) is 24.3. The van der Waals surface area contributed by atoms with Crippen LogP contribution in [0.3, 0.4) is 0 Å². The highest BCUT2D eigenvalue weighted by Gasteiger charge is 2.23. The predicted octanol–water partition coefficient (Wildman–Crippen LogP) is 13.4. The molecule has 3 nitrogen and oxygen atoms in total. The minimum atomic E-state index is 0.852. The number of benzene rings is 8. The fourth-order valence-corrected chi connectivity index (χ4v) is 7.41. The molecule has 2 heterocycles. The van der Waals surface area contributed by atoms with Crippen LogP contribution in [-0.2, 0) is 0 Å². The number of hydrogen-bond acceptors (Lipinski definition) is 3. The lowest BCUT2D eigenvalue weighted by atomic mass is 9.94. The van der Waals surface area contributed by atoms with Gasteiger partial charge in [-0.25, -0.2) is 0 Å². The molecule has 10 aromatic rings. The maximum atomic E-state index is 6.52. The van der Waals surface area contributed by atoms with Crippen molar-refractivity contribution < 1.29 is 8.83 Å². The maximum Gasteiger partial charge on any atom is 0.138 e. The van der Waals surface area contributed by atoms with Crippen molar-refractivity contribution in [2.24, 2.45) is 0 Å². The first-order valence-electron chi connectivity index (χ1n) is 16.6. The minimum absolute atomic E-state index is 0.852. The van der Waals surface area contributed by atoms with Gasteiger partial charge < -0.3 is 13.7 Å². The Labute approximate surface area is 282 Å². The van der Waals surface area contributed by atoms with Crippen LogP contribution >= 0.6 is 0 Å². The van der Waals surface area contributed by atoms with Gasteiger partial charge in [0, 0.05) is 39.0 Å². The predicted molar refractivity (Wildman–Crippen MR) is 204 cm³/mol. The average molecular weight is 628 g/mol. The molecule has 230 valence electrons. The summed E-state index contributed by atoms with van der Waals surface area (Å²) in [5.74, 6) is 0. The third kappa shape index (κ3) is 4.44. The Bertz CT molecular complexity index is 2830. The van der Waals surface area contributed by atoms with Crippen LogP contribution < -0.4 is 4.90 Å². The fraction of sp³-hybridized carbons (Fsp3) is 0. The number of fused-ring (bicyclic) bond motifs is 7. The largest absolute Gasteiger partial charge is 0.456 e. The van der Waals surface area contributed by atoms with Crippen molar-refractivity contribution in [2.45, 2.75) is 0 Å². The number of furan rings is 2. The van der Waals surface area contributed by atoms with Gasteiger partial charge in [-0.2, -0.15) is 0 Å². The second-order valence-electron chi connectivity index (χ2n) is 12.5. The number of anilines is 3. The lowest BCUT2D eigenvalue weighted by Crippen LogP contribution is -2.11. The van der Waals surface area contributed by atoms with Crippen LogP contribution in [0.2, 0.25) is 0 Å². The molecule has 0 saturated carbocycles. The summed E-state index contributed by atoms with van der Waals surface area (Å²) in [6, 6.07) is 62.0. The van der Waals surface area contributed by atoms with Crippen molar-refractivity contribution in [2.75, 3.05) is 4.90 Å². The number of para-hydroxylation sites is 2. The highest BCUT2D eigenvalue weighted by atomic mass is 16.3. The van der Waals surface area contributed by atoms with Gasteiger partial charge in [-0.15, -0.1) is 0 Å². The van der Waals surface area contributed by atoms with Crippen molar-refractivity contribution in [1.82, 2.24) is 0 Å². The van der Waals surface area contributed by atoms with E-state index >= 15 is 0 Å². The molecule has 49 heavy (non-hydrogen) atoms. The second kappa shape index (κ2) is 11.0. The van der Waals surface area contributed by atoms with Crippen LogP contribution in [0.25, 0.3) is 76.9 Å². The molecule has 8 aromatic carbocycles. The monoisotopic (exact) mass is 627 g/mol. The molecule has 0 aliphatic rings. The normalized spacial score (nSPS) is 11.7. The average Bonchev–Trinajstić information content (AvgIpc) is 3.73. The van der Waals surface area contributed by atoms with Gasteiger partial charge >= 0.3 is 0 Å². The Balaban J connectivity index is 1.23. The van der Waals surface area contributed by atoms with E-state index in [0.29, 0.717) is 0 Å². The standard InChI is InChI=1S/C46H29NO2/c1-2-12-30(13-3-1)35-15-6-7-16-36(35)31-22-24-33(25-23-31)47(34-26-27-39-38-18-8-10-20-41(38)48-43(39)29-34)46-37-17-5-4-14-32(37)28-44-45(46)40-19-9-11-21-42(40)49-44/h1-29H. The highest BCUT2D eigenvalue weighted by molar-refractivity contribution is 6.22. The number of hydrogen-bond donors (Lipinski definition) is 0. The van der Waals surface area contributed by atoms with E-state index in [9.17, 15) is 0 Å². The second-order valence-corrected chi connectivity index (χ2v) is 12.5. The molecule has 0 aliphatic carbocycles. The van der Waals surface area contributed by atoms with Gasteiger partial charge in [-0.3, -0.25) is 0 Å². The zero-order chi connectivity index (χ0) is 32.3. The number of rotatable bonds is 5. The van der Waals surface area contributed by atoms with Crippen LogP contribution in [0.4, 0.5) is 17.1 Å². The van der Waals surface area contributed by atoms with Crippen LogP contribution in [0.15, 0.2) is 185 Å². The van der Waals surface area contributed by atoms with Crippen LogP contribution in [0.1, 0.15) is 0 Å². The van der Waals surface area contributed by atoms with E-state index in [-0.39, 0.29) is 0 Å². The molecule has 2 aromatic heterocycles. The summed E-state index contributed by atoms with van der Waals surface area (Å²) in [5, 5.41) is 6.64. The Morgan fingerprint density at radius 1 is 0.347 bits per heavy atom. The molecule has 0 bridgehead atoms. The summed E-state index contributed by atoms with van der Waals surface area (Å²) in [4.78, 5) is 2.37. The molecule has 0 N–H and O–H groups in total. The van der Waals surface area contributed by atoms with Gasteiger partial charge in [0.25, 0.3) is 0 Å². The molecule has 0 radical (unpaired) electrons. The van der Waals surface area contributed by atoms with Gasteiger partial charge in [-0.05, 0) is 70.1 Å². The van der Waals surface area contributed by atoms with Gasteiger partial charge in [-0.1, -0.05) is 127 Å². The molecule has 3 heteroatoms. The van der Waals surface area contributed by atoms with E-state index in [0.717, 1.165) is 77.3 Å². The van der Waals surface area contributed by atoms with Crippen LogP contribution in [-0.4, -0.2) is 0 Å². The summed E-state index contributed by atoms with van der Waals surface area (Å²) >= 11 is 0. The van der Waals surface area contributed by atoms with E-state index in [4.69, 9.17) is 8.83 Å². The molecule has 0 fully saturated rings. The summed E-state index contributed by atoms with van der Waals surface area (Å²) in [6.45, 7) is 0. The Hall–Kier alpha value is -6.58. The molecule has 0 unspecified atom stereocenters. The van der Waals surface area contributed by atoms with Gasteiger partial charge in [0.2, 0.25) is 0 Å². The summed E-state index contributed by atoms with van der Waals surface area (Å²) in [6.07, 6.45) is 0. The Morgan fingerprint density at radius 3 is 1.67 bits per heavy atom. The van der Waals surface area contributed by atoms with Gasteiger partial charge in [0.15, 0.2) is 0 Å². The van der Waals surface area contributed by atoms with E-state index in [1.165, 1.54) is 16.7 Å². The van der Waals surface area contributed by atoms with E-state index < -0.39 is 0 Å². The summed E-state index contributed by atoms with van der Waals surface area (Å²) in [5.41, 5.74) is 11.4. The minimum Gasteiger partial charge on any atom is -0.456 e. The van der Waals surface area contributed by atoms with Crippen molar-refractivity contribution in [3.63, 3.8) is 0 Å². The van der Waals surface area contributed by atoms with Gasteiger partial charge in [0.05, 0.1) is 11.1 Å². The van der Waals surface area contributed by atoms with Crippen LogP contribution in [0.5, 0.6) is 0 Å². The highest BCUT2D eigenvalue weighted by Crippen LogP contribution is 2.48. The summed E-state index contributed by atoms with van der Waals surface area (Å²) in [7, 11) is 0. The molecule has 0 atom stereocenters.